The van der Waals surface area contributed by atoms with Crippen molar-refractivity contribution in [3.63, 3.8) is 0 Å². The molecular formula is C17H16N2O. The number of H-pyrrole nitrogens is 1. The number of benzene rings is 2. The van der Waals surface area contributed by atoms with Gasteiger partial charge in [-0.1, -0.05) is 36.4 Å². The Morgan fingerprint density at radius 3 is 2.35 bits per heavy atom. The fourth-order valence-corrected chi connectivity index (χ4v) is 2.44. The minimum Gasteiger partial charge on any atom is -0.377 e. The first kappa shape index (κ1) is 12.5. The summed E-state index contributed by atoms with van der Waals surface area (Å²) in [6, 6.07) is 17.7. The quantitative estimate of drug-likeness (QED) is 0.771. The van der Waals surface area contributed by atoms with Crippen molar-refractivity contribution in [3.05, 3.63) is 65.0 Å². The summed E-state index contributed by atoms with van der Waals surface area (Å²) in [7, 11) is 3.97. The normalized spacial score (nSPS) is 10.7. The van der Waals surface area contributed by atoms with Crippen LogP contribution < -0.4 is 10.5 Å². The van der Waals surface area contributed by atoms with E-state index in [0.29, 0.717) is 0 Å². The average molecular weight is 264 g/mol. The number of nitrogens with one attached hydrogen (secondary N) is 1. The predicted octanol–water partition coefficient (Wildman–Crippen LogP) is 3.26. The van der Waals surface area contributed by atoms with Gasteiger partial charge < -0.3 is 9.88 Å². The van der Waals surface area contributed by atoms with Gasteiger partial charge in [0.1, 0.15) is 0 Å². The number of hydrogen-bond donors (Lipinski definition) is 1. The van der Waals surface area contributed by atoms with Gasteiger partial charge in [-0.3, -0.25) is 4.79 Å². The number of pyridine rings is 1. The molecule has 0 spiro atoms. The molecule has 0 aliphatic carbocycles. The van der Waals surface area contributed by atoms with Crippen LogP contribution >= 0.6 is 0 Å². The summed E-state index contributed by atoms with van der Waals surface area (Å²) in [4.78, 5) is 17.3. The van der Waals surface area contributed by atoms with Crippen LogP contribution in [-0.4, -0.2) is 19.1 Å². The largest absolute Gasteiger partial charge is 0.377 e. The average Bonchev–Trinajstić information content (AvgIpc) is 2.47. The second-order valence-electron chi connectivity index (χ2n) is 5.01. The van der Waals surface area contributed by atoms with Crippen molar-refractivity contribution >= 4 is 16.5 Å². The number of rotatable bonds is 2. The van der Waals surface area contributed by atoms with Crippen LogP contribution in [0.4, 0.5) is 5.69 Å². The molecule has 3 aromatic rings. The molecular weight excluding hydrogens is 248 g/mol. The first-order chi connectivity index (χ1) is 9.66. The first-order valence-corrected chi connectivity index (χ1v) is 6.55. The lowest BCUT2D eigenvalue weighted by atomic mass is 10.1. The highest BCUT2D eigenvalue weighted by atomic mass is 16.1. The summed E-state index contributed by atoms with van der Waals surface area (Å²) >= 11 is 0. The van der Waals surface area contributed by atoms with Crippen molar-refractivity contribution < 1.29 is 0 Å². The van der Waals surface area contributed by atoms with E-state index in [0.717, 1.165) is 27.7 Å². The minimum absolute atomic E-state index is 0.0509. The fraction of sp³-hybridized carbons (Fsp3) is 0.118. The molecule has 0 unspecified atom stereocenters. The third-order valence-corrected chi connectivity index (χ3v) is 3.43. The highest BCUT2D eigenvalue weighted by molar-refractivity contribution is 5.95. The molecule has 0 amide bonds. The molecule has 0 saturated heterocycles. The van der Waals surface area contributed by atoms with Crippen molar-refractivity contribution in [2.24, 2.45) is 0 Å². The number of aromatic nitrogens is 1. The van der Waals surface area contributed by atoms with Crippen LogP contribution in [0.15, 0.2) is 59.4 Å². The van der Waals surface area contributed by atoms with Crippen molar-refractivity contribution in [3.8, 4) is 11.3 Å². The summed E-state index contributed by atoms with van der Waals surface area (Å²) in [5.41, 5.74) is 2.85. The van der Waals surface area contributed by atoms with Crippen LogP contribution in [0.2, 0.25) is 0 Å². The third kappa shape index (κ3) is 2.07. The lowest BCUT2D eigenvalue weighted by molar-refractivity contribution is 1.14. The van der Waals surface area contributed by atoms with E-state index in [2.05, 4.69) is 4.98 Å². The van der Waals surface area contributed by atoms with E-state index in [4.69, 9.17) is 0 Å². The van der Waals surface area contributed by atoms with Gasteiger partial charge in [0, 0.05) is 36.2 Å². The Labute approximate surface area is 117 Å². The molecule has 3 nitrogen and oxygen atoms in total. The van der Waals surface area contributed by atoms with Gasteiger partial charge in [0.25, 0.3) is 5.56 Å². The van der Waals surface area contributed by atoms with Gasteiger partial charge in [0.05, 0.1) is 0 Å². The molecule has 100 valence electrons. The van der Waals surface area contributed by atoms with Gasteiger partial charge >= 0.3 is 0 Å². The second kappa shape index (κ2) is 4.85. The Morgan fingerprint density at radius 2 is 1.65 bits per heavy atom. The third-order valence-electron chi connectivity index (χ3n) is 3.43. The fourth-order valence-electron chi connectivity index (χ4n) is 2.44. The van der Waals surface area contributed by atoms with E-state index in [9.17, 15) is 4.79 Å². The van der Waals surface area contributed by atoms with Gasteiger partial charge in [0.15, 0.2) is 0 Å². The Morgan fingerprint density at radius 1 is 0.900 bits per heavy atom. The Hall–Kier alpha value is -2.55. The Bertz CT molecular complexity index is 804. The molecule has 3 rings (SSSR count). The second-order valence-corrected chi connectivity index (χ2v) is 5.01. The number of nitrogens with zero attached hydrogens (tertiary/aromatic N) is 1. The molecule has 1 aromatic heterocycles. The van der Waals surface area contributed by atoms with Crippen LogP contribution in [0.3, 0.4) is 0 Å². The minimum atomic E-state index is -0.0509. The Balaban J connectivity index is 2.33. The molecule has 2 aromatic carbocycles. The molecule has 3 heteroatoms. The van der Waals surface area contributed by atoms with Crippen LogP contribution in [0.1, 0.15) is 0 Å². The van der Waals surface area contributed by atoms with Gasteiger partial charge in [-0.05, 0) is 23.8 Å². The summed E-state index contributed by atoms with van der Waals surface area (Å²) in [5, 5.41) is 1.69. The van der Waals surface area contributed by atoms with Crippen molar-refractivity contribution in [2.45, 2.75) is 0 Å². The lowest BCUT2D eigenvalue weighted by Crippen LogP contribution is -2.12. The zero-order valence-corrected chi connectivity index (χ0v) is 11.6. The molecule has 0 aliphatic heterocycles. The van der Waals surface area contributed by atoms with Gasteiger partial charge in [-0.2, -0.15) is 0 Å². The van der Waals surface area contributed by atoms with Crippen LogP contribution in [0, 0.1) is 0 Å². The highest BCUT2D eigenvalue weighted by Crippen LogP contribution is 2.26. The SMILES string of the molecule is CN(C)c1cccc2c(=O)[nH]c(-c3ccccc3)cc12. The predicted molar refractivity (Wildman–Crippen MR) is 84.3 cm³/mol. The zero-order chi connectivity index (χ0) is 14.1. The van der Waals surface area contributed by atoms with E-state index in [1.165, 1.54) is 0 Å². The first-order valence-electron chi connectivity index (χ1n) is 6.55. The highest BCUT2D eigenvalue weighted by Gasteiger charge is 2.08. The lowest BCUT2D eigenvalue weighted by Gasteiger charge is -2.15. The van der Waals surface area contributed by atoms with Crippen LogP contribution in [0.5, 0.6) is 0 Å². The van der Waals surface area contributed by atoms with Crippen molar-refractivity contribution in [2.75, 3.05) is 19.0 Å². The van der Waals surface area contributed by atoms with E-state index in [1.807, 2.05) is 73.6 Å². The van der Waals surface area contributed by atoms with Gasteiger partial charge in [-0.25, -0.2) is 0 Å². The van der Waals surface area contributed by atoms with Crippen molar-refractivity contribution in [1.82, 2.24) is 4.98 Å². The molecule has 0 atom stereocenters. The summed E-state index contributed by atoms with van der Waals surface area (Å²) < 4.78 is 0. The van der Waals surface area contributed by atoms with Gasteiger partial charge in [0.2, 0.25) is 0 Å². The molecule has 1 N–H and O–H groups in total. The zero-order valence-electron chi connectivity index (χ0n) is 11.6. The van der Waals surface area contributed by atoms with E-state index in [-0.39, 0.29) is 5.56 Å². The van der Waals surface area contributed by atoms with E-state index >= 15 is 0 Å². The van der Waals surface area contributed by atoms with E-state index in [1.54, 1.807) is 0 Å². The van der Waals surface area contributed by atoms with Crippen LogP contribution in [0.25, 0.3) is 22.0 Å². The molecule has 0 aliphatic rings. The summed E-state index contributed by atoms with van der Waals surface area (Å²) in [6.07, 6.45) is 0. The molecule has 0 bridgehead atoms. The maximum absolute atomic E-state index is 12.3. The Kier molecular flexibility index (Phi) is 3.03. The summed E-state index contributed by atoms with van der Waals surface area (Å²) in [5.74, 6) is 0. The number of hydrogen-bond acceptors (Lipinski definition) is 2. The number of fused-ring (bicyclic) bond motifs is 1. The topological polar surface area (TPSA) is 36.1 Å². The maximum atomic E-state index is 12.3. The molecule has 0 saturated carbocycles. The smallest absolute Gasteiger partial charge is 0.256 e. The molecule has 1 heterocycles. The van der Waals surface area contributed by atoms with E-state index < -0.39 is 0 Å². The standard InChI is InChI=1S/C17H16N2O/c1-19(2)16-10-6-9-13-14(16)11-15(18-17(13)20)12-7-4-3-5-8-12/h3-11H,1-2H3,(H,18,20). The van der Waals surface area contributed by atoms with Crippen molar-refractivity contribution in [1.29, 1.82) is 0 Å². The molecule has 0 radical (unpaired) electrons. The summed E-state index contributed by atoms with van der Waals surface area (Å²) in [6.45, 7) is 0. The number of aromatic amines is 1. The number of anilines is 1. The van der Waals surface area contributed by atoms with Gasteiger partial charge in [-0.15, -0.1) is 0 Å². The monoisotopic (exact) mass is 264 g/mol. The molecule has 0 fully saturated rings. The molecule has 20 heavy (non-hydrogen) atoms. The van der Waals surface area contributed by atoms with Crippen LogP contribution in [-0.2, 0) is 0 Å². The maximum Gasteiger partial charge on any atom is 0.256 e.